The Labute approximate surface area is 262 Å². The Morgan fingerprint density at radius 2 is 1.75 bits per heavy atom. The molecule has 1 atom stereocenters. The van der Waals surface area contributed by atoms with E-state index in [1.54, 1.807) is 43.5 Å². The summed E-state index contributed by atoms with van der Waals surface area (Å²) in [5, 5.41) is 2.96. The van der Waals surface area contributed by atoms with Crippen LogP contribution >= 0.6 is 0 Å². The summed E-state index contributed by atoms with van der Waals surface area (Å²) in [6.45, 7) is 13.5. The molecule has 0 spiro atoms. The van der Waals surface area contributed by atoms with Gasteiger partial charge in [0.15, 0.2) is 14.1 Å². The summed E-state index contributed by atoms with van der Waals surface area (Å²) in [6, 6.07) is 18.3. The minimum Gasteiger partial charge on any atom is -0.459 e. The molecule has 0 aliphatic heterocycles. The van der Waals surface area contributed by atoms with Crippen molar-refractivity contribution >= 4 is 36.8 Å². The van der Waals surface area contributed by atoms with Crippen LogP contribution in [-0.2, 0) is 26.2 Å². The average molecular weight is 628 g/mol. The first kappa shape index (κ1) is 32.8. The van der Waals surface area contributed by atoms with E-state index < -0.39 is 25.2 Å². The number of hydrogen-bond donors (Lipinski definition) is 1. The standard InChI is InChI=1S/C34H37N3O5SSi/c1-24-17-18-41-31(24)33(39)36-29-10-8-9-25(20-29)11-12-27-19-28(22-35-21-27)32(38)37-43(40-5)30-15-13-26(14-16-30)23-42-44(6,7)34(2,3)4/h8-10,13-22H,23H2,1-7H3,(H,36,39). The van der Waals surface area contributed by atoms with Crippen LogP contribution < -0.4 is 5.32 Å². The highest BCUT2D eigenvalue weighted by Gasteiger charge is 2.37. The lowest BCUT2D eigenvalue weighted by molar-refractivity contribution is 0.0991. The van der Waals surface area contributed by atoms with Crippen molar-refractivity contribution in [3.63, 3.8) is 0 Å². The smallest absolute Gasteiger partial charge is 0.291 e. The molecule has 2 aromatic heterocycles. The van der Waals surface area contributed by atoms with Gasteiger partial charge in [-0.05, 0) is 73.1 Å². The van der Waals surface area contributed by atoms with E-state index in [9.17, 15) is 9.59 Å². The summed E-state index contributed by atoms with van der Waals surface area (Å²) in [5.41, 5.74) is 3.93. The Balaban J connectivity index is 1.44. The van der Waals surface area contributed by atoms with Crippen molar-refractivity contribution in [3.05, 3.63) is 113 Å². The lowest BCUT2D eigenvalue weighted by Gasteiger charge is -2.36. The van der Waals surface area contributed by atoms with Crippen LogP contribution in [0.1, 0.15) is 63.9 Å². The fourth-order valence-electron chi connectivity index (χ4n) is 3.73. The first-order valence-electron chi connectivity index (χ1n) is 14.1. The summed E-state index contributed by atoms with van der Waals surface area (Å²) < 4.78 is 21.5. The number of carbonyl (C=O) groups excluding carboxylic acids is 2. The number of nitrogens with one attached hydrogen (secondary N) is 1. The molecule has 0 bridgehead atoms. The molecule has 4 aromatic rings. The van der Waals surface area contributed by atoms with Crippen LogP contribution in [0.15, 0.2) is 93.0 Å². The summed E-state index contributed by atoms with van der Waals surface area (Å²) in [5.74, 6) is 5.57. The highest BCUT2D eigenvalue weighted by Crippen LogP contribution is 2.37. The van der Waals surface area contributed by atoms with E-state index in [4.69, 9.17) is 13.0 Å². The van der Waals surface area contributed by atoms with Crippen molar-refractivity contribution < 1.29 is 22.6 Å². The molecule has 1 N–H and O–H groups in total. The van der Waals surface area contributed by atoms with Gasteiger partial charge in [-0.1, -0.05) is 50.8 Å². The third-order valence-corrected chi connectivity index (χ3v) is 13.2. The molecule has 2 amide bonds. The maximum atomic E-state index is 13.1. The third kappa shape index (κ3) is 8.48. The van der Waals surface area contributed by atoms with Gasteiger partial charge < -0.3 is 18.3 Å². The molecule has 4 rings (SSSR count). The van der Waals surface area contributed by atoms with Crippen LogP contribution in [0.3, 0.4) is 0 Å². The lowest BCUT2D eigenvalue weighted by atomic mass is 10.1. The molecule has 228 valence electrons. The number of aromatic nitrogens is 1. The van der Waals surface area contributed by atoms with Crippen molar-refractivity contribution in [1.29, 1.82) is 0 Å². The second kappa shape index (κ2) is 14.1. The average Bonchev–Trinajstić information content (AvgIpc) is 3.43. The zero-order chi connectivity index (χ0) is 31.9. The Bertz CT molecular complexity index is 1740. The fraction of sp³-hybridized carbons (Fsp3) is 0.265. The number of rotatable bonds is 8. The third-order valence-electron chi connectivity index (χ3n) is 7.38. The van der Waals surface area contributed by atoms with Crippen molar-refractivity contribution in [2.45, 2.75) is 57.3 Å². The van der Waals surface area contributed by atoms with E-state index in [1.807, 2.05) is 30.3 Å². The first-order chi connectivity index (χ1) is 20.9. The van der Waals surface area contributed by atoms with Gasteiger partial charge in [-0.3, -0.25) is 14.6 Å². The predicted octanol–water partition coefficient (Wildman–Crippen LogP) is 7.72. The van der Waals surface area contributed by atoms with Gasteiger partial charge in [0.2, 0.25) is 0 Å². The fourth-order valence-corrected chi connectivity index (χ4v) is 5.69. The highest BCUT2D eigenvalue weighted by atomic mass is 32.2. The molecule has 0 saturated heterocycles. The number of amides is 2. The van der Waals surface area contributed by atoms with Crippen LogP contribution in [0, 0.1) is 18.8 Å². The second-order valence-corrected chi connectivity index (χ2v) is 18.0. The number of anilines is 1. The quantitative estimate of drug-likeness (QED) is 0.159. The maximum absolute atomic E-state index is 13.1. The molecular weight excluding hydrogens is 591 g/mol. The molecule has 1 unspecified atom stereocenters. The van der Waals surface area contributed by atoms with Gasteiger partial charge in [-0.25, -0.2) is 0 Å². The minimum absolute atomic E-state index is 0.136. The molecular formula is C34H37N3O5SSi. The van der Waals surface area contributed by atoms with Gasteiger partial charge >= 0.3 is 0 Å². The molecule has 10 heteroatoms. The van der Waals surface area contributed by atoms with Gasteiger partial charge in [0, 0.05) is 39.7 Å². The van der Waals surface area contributed by atoms with E-state index in [0.717, 1.165) is 16.0 Å². The Kier molecular flexibility index (Phi) is 10.5. The molecule has 0 radical (unpaired) electrons. The van der Waals surface area contributed by atoms with Crippen LogP contribution in [-0.4, -0.2) is 32.2 Å². The van der Waals surface area contributed by atoms with E-state index >= 15 is 0 Å². The monoisotopic (exact) mass is 627 g/mol. The number of hydrogen-bond acceptors (Lipinski definition) is 6. The van der Waals surface area contributed by atoms with E-state index in [0.29, 0.717) is 29.0 Å². The maximum Gasteiger partial charge on any atom is 0.291 e. The SMILES string of the molecule is COS(=NC(=O)c1cncc(C#Cc2cccc(NC(=O)c3occc3C)c2)c1)c1ccc(CO[Si](C)(C)C(C)(C)C)cc1. The minimum atomic E-state index is -1.86. The van der Waals surface area contributed by atoms with E-state index in [1.165, 1.54) is 19.6 Å². The van der Waals surface area contributed by atoms with Crippen LogP contribution in [0.25, 0.3) is 0 Å². The van der Waals surface area contributed by atoms with Crippen molar-refractivity contribution in [1.82, 2.24) is 4.98 Å². The first-order valence-corrected chi connectivity index (χ1v) is 18.1. The van der Waals surface area contributed by atoms with Gasteiger partial charge in [0.1, 0.15) is 0 Å². The van der Waals surface area contributed by atoms with Crippen LogP contribution in [0.5, 0.6) is 0 Å². The molecule has 2 heterocycles. The van der Waals surface area contributed by atoms with Gasteiger partial charge in [-0.2, -0.15) is 4.36 Å². The van der Waals surface area contributed by atoms with E-state index in [2.05, 4.69) is 60.4 Å². The zero-order valence-corrected chi connectivity index (χ0v) is 27.9. The molecule has 0 aliphatic rings. The molecule has 0 aliphatic carbocycles. The normalized spacial score (nSPS) is 12.3. The van der Waals surface area contributed by atoms with Crippen LogP contribution in [0.4, 0.5) is 5.69 Å². The molecule has 0 fully saturated rings. The van der Waals surface area contributed by atoms with E-state index in [-0.39, 0.29) is 16.7 Å². The summed E-state index contributed by atoms with van der Waals surface area (Å²) in [6.07, 6.45) is 4.52. The Morgan fingerprint density at radius 1 is 1.02 bits per heavy atom. The highest BCUT2D eigenvalue weighted by molar-refractivity contribution is 7.83. The van der Waals surface area contributed by atoms with Crippen molar-refractivity contribution in [2.75, 3.05) is 12.4 Å². The Hall–Kier alpha value is -4.14. The van der Waals surface area contributed by atoms with Gasteiger partial charge in [0.05, 0.1) is 36.5 Å². The topological polar surface area (TPSA) is 103 Å². The number of carbonyl (C=O) groups is 2. The molecule has 8 nitrogen and oxygen atoms in total. The second-order valence-electron chi connectivity index (χ2n) is 11.7. The van der Waals surface area contributed by atoms with Crippen molar-refractivity contribution in [2.24, 2.45) is 4.36 Å². The van der Waals surface area contributed by atoms with Gasteiger partial charge in [0.25, 0.3) is 11.8 Å². The van der Waals surface area contributed by atoms with Crippen molar-refractivity contribution in [3.8, 4) is 11.8 Å². The zero-order valence-electron chi connectivity index (χ0n) is 26.1. The molecule has 2 aromatic carbocycles. The summed E-state index contributed by atoms with van der Waals surface area (Å²) in [7, 11) is -1.42. The summed E-state index contributed by atoms with van der Waals surface area (Å²) >= 11 is 0. The number of benzene rings is 2. The molecule has 44 heavy (non-hydrogen) atoms. The lowest BCUT2D eigenvalue weighted by Crippen LogP contribution is -2.40. The van der Waals surface area contributed by atoms with Crippen LogP contribution in [0.2, 0.25) is 18.1 Å². The largest absolute Gasteiger partial charge is 0.459 e. The number of pyridine rings is 1. The number of aryl methyl sites for hydroxylation is 1. The number of furan rings is 1. The van der Waals surface area contributed by atoms with Gasteiger partial charge in [-0.15, -0.1) is 0 Å². The Morgan fingerprint density at radius 3 is 2.41 bits per heavy atom. The molecule has 0 saturated carbocycles. The predicted molar refractivity (Wildman–Crippen MR) is 176 cm³/mol. The number of nitrogens with zero attached hydrogens (tertiary/aromatic N) is 2. The summed E-state index contributed by atoms with van der Waals surface area (Å²) in [4.78, 5) is 30.5.